The molecule has 0 saturated heterocycles. The molecule has 7 rings (SSSR count). The number of rotatable bonds is 3. The van der Waals surface area contributed by atoms with Crippen molar-refractivity contribution < 1.29 is 71.2 Å². The fraction of sp³-hybridized carbons (Fsp3) is 0.0667. The van der Waals surface area contributed by atoms with Gasteiger partial charge in [-0.1, -0.05) is 0 Å². The van der Waals surface area contributed by atoms with E-state index in [1.165, 1.54) is 52.1 Å². The second kappa shape index (κ2) is 11.2. The van der Waals surface area contributed by atoms with Crippen molar-refractivity contribution in [3.8, 4) is 0 Å². The van der Waals surface area contributed by atoms with Gasteiger partial charge in [-0.15, -0.1) is 0 Å². The van der Waals surface area contributed by atoms with Crippen molar-refractivity contribution in [3.05, 3.63) is 134 Å². The van der Waals surface area contributed by atoms with E-state index in [1.54, 1.807) is 6.56 Å². The molecule has 1 heterocycles. The summed E-state index contributed by atoms with van der Waals surface area (Å²) < 4.78 is 5.75. The summed E-state index contributed by atoms with van der Waals surface area (Å²) in [7, 11) is 0. The summed E-state index contributed by atoms with van der Waals surface area (Å²) >= 11 is 8.63. The zero-order valence-electron chi connectivity index (χ0n) is 18.8. The van der Waals surface area contributed by atoms with Crippen LogP contribution in [0.15, 0.2) is 110 Å². The summed E-state index contributed by atoms with van der Waals surface area (Å²) in [5.41, 5.74) is 8.53. The Morgan fingerprint density at radius 3 is 2.17 bits per heavy atom. The molecule has 4 aromatic carbocycles. The molecule has 0 nitrogen and oxygen atoms in total. The molecule has 3 aliphatic rings. The van der Waals surface area contributed by atoms with E-state index in [4.69, 9.17) is 0 Å². The number of fused-ring (bicyclic) bond motifs is 4. The van der Waals surface area contributed by atoms with Crippen molar-refractivity contribution in [1.29, 1.82) is 0 Å². The van der Waals surface area contributed by atoms with Gasteiger partial charge in [0.1, 0.15) is 0 Å². The molecular weight excluding hydrogens is 897 g/mol. The van der Waals surface area contributed by atoms with Gasteiger partial charge in [-0.05, 0) is 0 Å². The minimum atomic E-state index is -1.07. The molecule has 2 atom stereocenters. The molecule has 4 aromatic rings. The Kier molecular flexibility index (Phi) is 8.61. The zero-order valence-corrected chi connectivity index (χ0v) is 29.6. The van der Waals surface area contributed by atoms with Crippen LogP contribution in [-0.2, 0) is 23.2 Å². The van der Waals surface area contributed by atoms with Gasteiger partial charge in [-0.2, -0.15) is 0 Å². The maximum atomic E-state index is 3.92. The van der Waals surface area contributed by atoms with E-state index in [0.29, 0.717) is 11.8 Å². The van der Waals surface area contributed by atoms with E-state index < -0.39 is 23.2 Å². The summed E-state index contributed by atoms with van der Waals surface area (Å²) in [6.45, 7) is 0. The predicted octanol–water partition coefficient (Wildman–Crippen LogP) is 3.44. The Bertz CT molecular complexity index is 1550. The summed E-state index contributed by atoms with van der Waals surface area (Å²) in [6, 6.07) is 31.4. The van der Waals surface area contributed by atoms with Crippen LogP contribution >= 0.6 is 43.6 Å². The van der Waals surface area contributed by atoms with E-state index in [2.05, 4.69) is 129 Å². The van der Waals surface area contributed by atoms with Crippen LogP contribution in [-0.4, -0.2) is 0 Å². The van der Waals surface area contributed by atoms with Gasteiger partial charge in [-0.25, -0.2) is 0 Å². The molecule has 36 heavy (non-hydrogen) atoms. The van der Waals surface area contributed by atoms with Crippen molar-refractivity contribution in [3.63, 3.8) is 0 Å². The van der Waals surface area contributed by atoms with E-state index in [-0.39, 0.29) is 48.0 Å². The Morgan fingerprint density at radius 2 is 1.33 bits per heavy atom. The Balaban J connectivity index is 0.00000133. The number of benzene rings is 4. The maximum Gasteiger partial charge on any atom is -1.00 e. The third-order valence-corrected chi connectivity index (χ3v) is 12.9. The summed E-state index contributed by atoms with van der Waals surface area (Å²) in [5.74, 6) is 0.707. The zero-order chi connectivity index (χ0) is 22.8. The SMILES string of the molecule is Brc1cccc2c1C(c1ccccc1)[C]([Zr+2][C]1=Cc3c4ccc(Br)c3C1c1cccc(c1)S4)=C2.[I-].[I-]. The van der Waals surface area contributed by atoms with Gasteiger partial charge in [-0.3, -0.25) is 0 Å². The van der Waals surface area contributed by atoms with Gasteiger partial charge >= 0.3 is 234 Å². The molecule has 2 aliphatic carbocycles. The van der Waals surface area contributed by atoms with Gasteiger partial charge in [0.25, 0.3) is 0 Å². The first kappa shape index (κ1) is 27.6. The minimum absolute atomic E-state index is 0. The largest absolute Gasteiger partial charge is 1.00 e. The molecule has 6 heteroatoms. The third kappa shape index (κ3) is 4.68. The standard InChI is InChI=1S/C15H8BrS.C15H10Br.2HI.Zr/c16-13-6-7-14-12-5-4-11(15(12)13)9-2-1-3-10(8-9)17-14;16-14-8-4-7-12-9-10-13(15(12)14)11-5-2-1-3-6-11;;;/h1-3,5-8,11H;1-9,13H;2*1H;/q;;;;+2/p-2. The van der Waals surface area contributed by atoms with E-state index in [0.717, 1.165) is 0 Å². The van der Waals surface area contributed by atoms with Crippen LogP contribution in [0, 0.1) is 0 Å². The molecule has 0 aromatic heterocycles. The second-order valence-electron chi connectivity index (χ2n) is 8.89. The van der Waals surface area contributed by atoms with Crippen LogP contribution < -0.4 is 48.0 Å². The Hall–Kier alpha value is 0.0131. The average molecular weight is 915 g/mol. The van der Waals surface area contributed by atoms with Gasteiger partial charge < -0.3 is 48.0 Å². The molecule has 0 N–H and O–H groups in total. The average Bonchev–Trinajstić information content (AvgIpc) is 3.42. The predicted molar refractivity (Wildman–Crippen MR) is 145 cm³/mol. The molecule has 0 radical (unpaired) electrons. The van der Waals surface area contributed by atoms with Crippen LogP contribution in [0.5, 0.6) is 0 Å². The van der Waals surface area contributed by atoms with Gasteiger partial charge in [0.15, 0.2) is 0 Å². The Morgan fingerprint density at radius 1 is 0.639 bits per heavy atom. The molecule has 2 unspecified atom stereocenters. The fourth-order valence-electron chi connectivity index (χ4n) is 5.51. The molecule has 6 bridgehead atoms. The van der Waals surface area contributed by atoms with Gasteiger partial charge in [0.2, 0.25) is 0 Å². The summed E-state index contributed by atoms with van der Waals surface area (Å²) in [5, 5.41) is 0. The summed E-state index contributed by atoms with van der Waals surface area (Å²) in [6.07, 6.45) is 5.06. The van der Waals surface area contributed by atoms with Gasteiger partial charge in [0.05, 0.1) is 0 Å². The minimum Gasteiger partial charge on any atom is -1.00 e. The number of hydrogen-bond acceptors (Lipinski definition) is 1. The molecular formula is C30H18Br2I2SZr. The van der Waals surface area contributed by atoms with E-state index >= 15 is 0 Å². The molecule has 1 aliphatic heterocycles. The van der Waals surface area contributed by atoms with Gasteiger partial charge in [0, 0.05) is 0 Å². The summed E-state index contributed by atoms with van der Waals surface area (Å²) in [4.78, 5) is 2.72. The normalized spacial score (nSPS) is 17.9. The molecule has 0 saturated carbocycles. The van der Waals surface area contributed by atoms with Crippen LogP contribution in [0.2, 0.25) is 0 Å². The molecule has 0 fully saturated rings. The van der Waals surface area contributed by atoms with Crippen LogP contribution in [0.1, 0.15) is 45.2 Å². The van der Waals surface area contributed by atoms with Crippen LogP contribution in [0.4, 0.5) is 0 Å². The fourth-order valence-corrected chi connectivity index (χ4v) is 11.9. The first-order valence-corrected chi connectivity index (χ1v) is 16.2. The van der Waals surface area contributed by atoms with Crippen molar-refractivity contribution >= 4 is 55.8 Å². The first-order chi connectivity index (χ1) is 16.7. The monoisotopic (exact) mass is 912 g/mol. The number of halogens is 4. The van der Waals surface area contributed by atoms with Crippen molar-refractivity contribution in [2.45, 2.75) is 21.6 Å². The second-order valence-corrected chi connectivity index (χ2v) is 15.2. The molecule has 176 valence electrons. The topological polar surface area (TPSA) is 0 Å². The number of hydrogen-bond donors (Lipinski definition) is 0. The van der Waals surface area contributed by atoms with Crippen molar-refractivity contribution in [2.24, 2.45) is 0 Å². The quantitative estimate of drug-likeness (QED) is 0.285. The number of allylic oxidation sites excluding steroid dienone is 2. The first-order valence-electron chi connectivity index (χ1n) is 11.3. The third-order valence-electron chi connectivity index (χ3n) is 6.93. The Labute approximate surface area is 278 Å². The maximum absolute atomic E-state index is 3.92. The van der Waals surface area contributed by atoms with Crippen molar-refractivity contribution in [2.75, 3.05) is 0 Å². The molecule has 0 spiro atoms. The smallest absolute Gasteiger partial charge is 1.00 e. The van der Waals surface area contributed by atoms with Crippen molar-refractivity contribution in [1.82, 2.24) is 0 Å². The van der Waals surface area contributed by atoms with E-state index in [9.17, 15) is 0 Å². The molecule has 0 amide bonds. The van der Waals surface area contributed by atoms with Crippen LogP contribution in [0.25, 0.3) is 12.2 Å². The van der Waals surface area contributed by atoms with E-state index in [1.807, 2.05) is 11.8 Å². The van der Waals surface area contributed by atoms with Crippen LogP contribution in [0.3, 0.4) is 0 Å².